The van der Waals surface area contributed by atoms with Crippen molar-refractivity contribution < 1.29 is 9.53 Å². The number of rotatable bonds is 6. The molecule has 2 aromatic rings. The molecule has 32 heavy (non-hydrogen) atoms. The van der Waals surface area contributed by atoms with E-state index in [-0.39, 0.29) is 36.0 Å². The summed E-state index contributed by atoms with van der Waals surface area (Å²) in [4.78, 5) is 19.1. The number of ether oxygens (including phenoxy) is 1. The summed E-state index contributed by atoms with van der Waals surface area (Å²) in [7, 11) is 0. The lowest BCUT2D eigenvalue weighted by Crippen LogP contribution is -2.48. The molecule has 1 aliphatic rings. The van der Waals surface area contributed by atoms with E-state index in [2.05, 4.69) is 54.5 Å². The van der Waals surface area contributed by atoms with Crippen molar-refractivity contribution in [2.45, 2.75) is 40.3 Å². The number of amides is 1. The number of aliphatic imine (C=N–C) groups is 1. The van der Waals surface area contributed by atoms with Crippen LogP contribution >= 0.6 is 24.0 Å². The monoisotopic (exact) mass is 550 g/mol. The van der Waals surface area contributed by atoms with E-state index in [4.69, 9.17) is 9.73 Å². The summed E-state index contributed by atoms with van der Waals surface area (Å²) < 4.78 is 6.10. The Labute approximate surface area is 208 Å². The minimum Gasteiger partial charge on any atom is -0.370 e. The predicted molar refractivity (Wildman–Crippen MR) is 141 cm³/mol. The summed E-state index contributed by atoms with van der Waals surface area (Å²) in [6.07, 6.45) is 0.0366. The van der Waals surface area contributed by atoms with Gasteiger partial charge >= 0.3 is 0 Å². The van der Waals surface area contributed by atoms with Crippen molar-refractivity contribution in [3.8, 4) is 0 Å². The van der Waals surface area contributed by atoms with Crippen LogP contribution in [0.3, 0.4) is 0 Å². The highest BCUT2D eigenvalue weighted by molar-refractivity contribution is 14.0. The van der Waals surface area contributed by atoms with Crippen LogP contribution in [0.25, 0.3) is 0 Å². The zero-order valence-corrected chi connectivity index (χ0v) is 21.8. The van der Waals surface area contributed by atoms with Gasteiger partial charge < -0.3 is 20.3 Å². The van der Waals surface area contributed by atoms with Gasteiger partial charge in [-0.05, 0) is 56.5 Å². The summed E-state index contributed by atoms with van der Waals surface area (Å²) in [6.45, 7) is 12.5. The zero-order valence-electron chi connectivity index (χ0n) is 19.5. The molecule has 2 aromatic carbocycles. The van der Waals surface area contributed by atoms with E-state index in [0.717, 1.165) is 31.2 Å². The first kappa shape index (κ1) is 26.1. The van der Waals surface area contributed by atoms with Crippen molar-refractivity contribution in [3.05, 3.63) is 70.3 Å². The summed E-state index contributed by atoms with van der Waals surface area (Å²) in [5.74, 6) is 0.852. The predicted octanol–water partition coefficient (Wildman–Crippen LogP) is 4.21. The number of hydrogen-bond acceptors (Lipinski definition) is 3. The number of aryl methyl sites for hydroxylation is 2. The van der Waals surface area contributed by atoms with Crippen molar-refractivity contribution in [3.63, 3.8) is 0 Å². The number of benzene rings is 2. The molecule has 0 spiro atoms. The third-order valence-electron chi connectivity index (χ3n) is 5.44. The van der Waals surface area contributed by atoms with Gasteiger partial charge in [-0.1, -0.05) is 35.9 Å². The number of nitrogens with zero attached hydrogens (tertiary/aromatic N) is 2. The highest BCUT2D eigenvalue weighted by atomic mass is 127. The molecular formula is C25H35IN4O2. The molecule has 0 radical (unpaired) electrons. The van der Waals surface area contributed by atoms with E-state index in [0.29, 0.717) is 25.3 Å². The molecule has 1 saturated heterocycles. The second-order valence-corrected chi connectivity index (χ2v) is 7.89. The van der Waals surface area contributed by atoms with Crippen LogP contribution in [0.2, 0.25) is 0 Å². The molecule has 0 saturated carbocycles. The maximum atomic E-state index is 11.9. The average molecular weight is 550 g/mol. The lowest BCUT2D eigenvalue weighted by atomic mass is 10.00. The van der Waals surface area contributed by atoms with Gasteiger partial charge in [-0.15, -0.1) is 24.0 Å². The maximum Gasteiger partial charge on any atom is 0.251 e. The average Bonchev–Trinajstić information content (AvgIpc) is 2.77. The summed E-state index contributed by atoms with van der Waals surface area (Å²) >= 11 is 0. The fourth-order valence-corrected chi connectivity index (χ4v) is 3.83. The minimum absolute atomic E-state index is 0. The van der Waals surface area contributed by atoms with Crippen LogP contribution in [0.5, 0.6) is 0 Å². The van der Waals surface area contributed by atoms with Gasteiger partial charge in [-0.25, -0.2) is 4.99 Å². The van der Waals surface area contributed by atoms with Crippen LogP contribution in [0.15, 0.2) is 47.5 Å². The molecule has 7 heteroatoms. The molecule has 0 aliphatic carbocycles. The second-order valence-electron chi connectivity index (χ2n) is 7.89. The summed E-state index contributed by atoms with van der Waals surface area (Å²) in [5.41, 5.74) is 5.52. The van der Waals surface area contributed by atoms with E-state index < -0.39 is 0 Å². The minimum atomic E-state index is -0.0448. The molecule has 1 amide bonds. The second kappa shape index (κ2) is 12.8. The van der Waals surface area contributed by atoms with E-state index in [1.807, 2.05) is 31.2 Å². The van der Waals surface area contributed by atoms with Gasteiger partial charge in [0.2, 0.25) is 0 Å². The Kier molecular flexibility index (Phi) is 10.4. The van der Waals surface area contributed by atoms with Crippen molar-refractivity contribution in [2.75, 3.05) is 32.8 Å². The van der Waals surface area contributed by atoms with Crippen molar-refractivity contribution in [1.82, 2.24) is 15.5 Å². The van der Waals surface area contributed by atoms with Crippen LogP contribution < -0.4 is 10.6 Å². The molecular weight excluding hydrogens is 515 g/mol. The Morgan fingerprint density at radius 3 is 2.47 bits per heavy atom. The number of guanidine groups is 1. The third-order valence-corrected chi connectivity index (χ3v) is 5.44. The molecule has 0 aromatic heterocycles. The zero-order chi connectivity index (χ0) is 22.2. The van der Waals surface area contributed by atoms with Crippen molar-refractivity contribution in [2.24, 2.45) is 4.99 Å². The smallest absolute Gasteiger partial charge is 0.251 e. The Morgan fingerprint density at radius 1 is 1.09 bits per heavy atom. The van der Waals surface area contributed by atoms with E-state index in [1.54, 1.807) is 0 Å². The number of hydrogen-bond donors (Lipinski definition) is 2. The fraction of sp³-hybridized carbons (Fsp3) is 0.440. The van der Waals surface area contributed by atoms with E-state index >= 15 is 0 Å². The van der Waals surface area contributed by atoms with Crippen molar-refractivity contribution in [1.29, 1.82) is 0 Å². The number of nitrogens with one attached hydrogen (secondary N) is 2. The van der Waals surface area contributed by atoms with Gasteiger partial charge in [0.25, 0.3) is 5.91 Å². The molecule has 6 nitrogen and oxygen atoms in total. The quantitative estimate of drug-likeness (QED) is 0.322. The summed E-state index contributed by atoms with van der Waals surface area (Å²) in [5, 5.41) is 6.24. The molecule has 2 N–H and O–H groups in total. The SMILES string of the molecule is CCNC(=O)c1ccc(CN=C(NCC)N2CCOC(c3ccc(C)cc3C)C2)cc1.I. The normalized spacial score (nSPS) is 16.3. The standard InChI is InChI=1S/C25H34N4O2.HI/c1-5-26-24(30)21-10-8-20(9-11-21)16-28-25(27-6-2)29-13-14-31-23(17-29)22-12-7-18(3)15-19(22)4;/h7-12,15,23H,5-6,13-14,16-17H2,1-4H3,(H,26,30)(H,27,28);1H. The molecule has 1 atom stereocenters. The van der Waals surface area contributed by atoms with Gasteiger partial charge in [0, 0.05) is 25.2 Å². The van der Waals surface area contributed by atoms with Crippen molar-refractivity contribution >= 4 is 35.8 Å². The maximum absolute atomic E-state index is 11.9. The van der Waals surface area contributed by atoms with Crippen LogP contribution in [0.4, 0.5) is 0 Å². The Morgan fingerprint density at radius 2 is 1.81 bits per heavy atom. The Bertz CT molecular complexity index is 915. The number of carbonyl (C=O) groups is 1. The molecule has 0 bridgehead atoms. The Hall–Kier alpha value is -2.13. The van der Waals surface area contributed by atoms with Gasteiger partial charge in [-0.3, -0.25) is 4.79 Å². The van der Waals surface area contributed by atoms with Crippen LogP contribution in [0, 0.1) is 13.8 Å². The van der Waals surface area contributed by atoms with Gasteiger partial charge in [0.05, 0.1) is 19.7 Å². The van der Waals surface area contributed by atoms with Gasteiger partial charge in [-0.2, -0.15) is 0 Å². The highest BCUT2D eigenvalue weighted by Gasteiger charge is 2.25. The highest BCUT2D eigenvalue weighted by Crippen LogP contribution is 2.26. The van der Waals surface area contributed by atoms with Gasteiger partial charge in [0.15, 0.2) is 5.96 Å². The van der Waals surface area contributed by atoms with Gasteiger partial charge in [0.1, 0.15) is 6.10 Å². The topological polar surface area (TPSA) is 66.0 Å². The lowest BCUT2D eigenvalue weighted by molar-refractivity contribution is -0.00834. The first-order valence-corrected chi connectivity index (χ1v) is 11.1. The van der Waals surface area contributed by atoms with E-state index in [9.17, 15) is 4.79 Å². The Balaban J connectivity index is 0.00000363. The summed E-state index contributed by atoms with van der Waals surface area (Å²) in [6, 6.07) is 14.2. The van der Waals surface area contributed by atoms with Crippen LogP contribution in [-0.4, -0.2) is 49.6 Å². The van der Waals surface area contributed by atoms with Crippen LogP contribution in [0.1, 0.15) is 52.6 Å². The molecule has 1 unspecified atom stereocenters. The lowest BCUT2D eigenvalue weighted by Gasteiger charge is -2.36. The molecule has 3 rings (SSSR count). The third kappa shape index (κ3) is 6.93. The molecule has 1 heterocycles. The molecule has 174 valence electrons. The molecule has 1 aliphatic heterocycles. The number of carbonyl (C=O) groups excluding carboxylic acids is 1. The molecule has 1 fully saturated rings. The van der Waals surface area contributed by atoms with Crippen LogP contribution in [-0.2, 0) is 11.3 Å². The number of morpholine rings is 1. The first-order valence-electron chi connectivity index (χ1n) is 11.1. The first-order chi connectivity index (χ1) is 15.0. The van der Waals surface area contributed by atoms with E-state index in [1.165, 1.54) is 16.7 Å². The largest absolute Gasteiger partial charge is 0.370 e. The number of halogens is 1. The fourth-order valence-electron chi connectivity index (χ4n) is 3.83.